The van der Waals surface area contributed by atoms with Crippen LogP contribution in [0.4, 0.5) is 4.39 Å². The van der Waals surface area contributed by atoms with Crippen LogP contribution in [-0.2, 0) is 11.3 Å². The molecule has 1 saturated carbocycles. The fraction of sp³-hybridized carbons (Fsp3) is 0.148. The molecule has 0 atom stereocenters. The fourth-order valence-electron chi connectivity index (χ4n) is 3.42. The summed E-state index contributed by atoms with van der Waals surface area (Å²) in [4.78, 5) is 36.7. The van der Waals surface area contributed by atoms with Gasteiger partial charge in [-0.25, -0.2) is 9.87 Å². The number of hydrogen-bond acceptors (Lipinski definition) is 4. The highest BCUT2D eigenvalue weighted by Gasteiger charge is 2.25. The first-order chi connectivity index (χ1) is 16.9. The highest BCUT2D eigenvalue weighted by molar-refractivity contribution is 6.24. The Bertz CT molecular complexity index is 1250. The zero-order valence-corrected chi connectivity index (χ0v) is 18.8. The number of halogens is 1. The lowest BCUT2D eigenvalue weighted by molar-refractivity contribution is -0.115. The number of hydrogen-bond donors (Lipinski definition) is 4. The van der Waals surface area contributed by atoms with Crippen LogP contribution in [0.15, 0.2) is 72.8 Å². The Hall–Kier alpha value is -4.30. The number of carbonyl (C=O) groups excluding carboxylic acids is 3. The molecule has 0 aliphatic heterocycles. The number of benzene rings is 3. The van der Waals surface area contributed by atoms with Gasteiger partial charge in [0.25, 0.3) is 17.7 Å². The van der Waals surface area contributed by atoms with Crippen LogP contribution in [0, 0.1) is 5.82 Å². The van der Waals surface area contributed by atoms with E-state index in [1.165, 1.54) is 12.1 Å². The van der Waals surface area contributed by atoms with E-state index in [1.54, 1.807) is 72.2 Å². The van der Waals surface area contributed by atoms with Gasteiger partial charge in [-0.2, -0.15) is 0 Å². The SMILES string of the molecule is O=C(NC1CC1)/C(=C\c1ccc(C(=O)NCc2ccc(C(=O)NO)cc2)cc1)c1ccc(F)cc1. The molecule has 3 aromatic carbocycles. The summed E-state index contributed by atoms with van der Waals surface area (Å²) in [5, 5.41) is 14.4. The maximum Gasteiger partial charge on any atom is 0.274 e. The molecule has 178 valence electrons. The first-order valence-electron chi connectivity index (χ1n) is 11.1. The minimum absolute atomic E-state index is 0.181. The highest BCUT2D eigenvalue weighted by atomic mass is 19.1. The summed E-state index contributed by atoms with van der Waals surface area (Å²) in [7, 11) is 0. The number of nitrogens with one attached hydrogen (secondary N) is 3. The molecule has 7 nitrogen and oxygen atoms in total. The molecule has 3 aromatic rings. The van der Waals surface area contributed by atoms with Crippen molar-refractivity contribution in [2.24, 2.45) is 0 Å². The smallest absolute Gasteiger partial charge is 0.274 e. The standard InChI is InChI=1S/C27H24FN3O4/c28-22-11-9-19(10-12-22)24(27(34)30-23-13-14-23)15-17-1-5-20(6-2-17)25(32)29-16-18-3-7-21(8-4-18)26(33)31-35/h1-12,15,23,35H,13-14,16H2,(H,29,32)(H,30,34)(H,31,33)/b24-15-. The molecule has 4 rings (SSSR count). The van der Waals surface area contributed by atoms with Gasteiger partial charge in [0, 0.05) is 29.3 Å². The topological polar surface area (TPSA) is 108 Å². The zero-order chi connectivity index (χ0) is 24.8. The van der Waals surface area contributed by atoms with Crippen LogP contribution >= 0.6 is 0 Å². The second kappa shape index (κ2) is 10.8. The molecule has 0 heterocycles. The molecule has 0 saturated heterocycles. The van der Waals surface area contributed by atoms with Crippen LogP contribution in [0.1, 0.15) is 50.2 Å². The van der Waals surface area contributed by atoms with Crippen LogP contribution in [0.5, 0.6) is 0 Å². The van der Waals surface area contributed by atoms with Gasteiger partial charge in [-0.15, -0.1) is 0 Å². The van der Waals surface area contributed by atoms with Crippen molar-refractivity contribution in [3.05, 3.63) is 106 Å². The van der Waals surface area contributed by atoms with Gasteiger partial charge in [0.1, 0.15) is 5.82 Å². The normalized spacial score (nSPS) is 13.1. The van der Waals surface area contributed by atoms with Gasteiger partial charge < -0.3 is 10.6 Å². The summed E-state index contributed by atoms with van der Waals surface area (Å²) in [6.45, 7) is 0.261. The molecule has 1 aliphatic carbocycles. The first-order valence-corrected chi connectivity index (χ1v) is 11.1. The van der Waals surface area contributed by atoms with Gasteiger partial charge >= 0.3 is 0 Å². The van der Waals surface area contributed by atoms with E-state index in [4.69, 9.17) is 5.21 Å². The fourth-order valence-corrected chi connectivity index (χ4v) is 3.42. The third-order valence-electron chi connectivity index (χ3n) is 5.57. The molecule has 0 unspecified atom stereocenters. The molecule has 0 spiro atoms. The maximum atomic E-state index is 13.4. The van der Waals surface area contributed by atoms with Crippen molar-refractivity contribution < 1.29 is 24.0 Å². The molecule has 4 N–H and O–H groups in total. The average molecular weight is 474 g/mol. The van der Waals surface area contributed by atoms with Gasteiger partial charge in [-0.3, -0.25) is 19.6 Å². The largest absolute Gasteiger partial charge is 0.349 e. The third-order valence-corrected chi connectivity index (χ3v) is 5.57. The van der Waals surface area contributed by atoms with Crippen LogP contribution in [0.25, 0.3) is 11.6 Å². The molecule has 35 heavy (non-hydrogen) atoms. The predicted molar refractivity (Wildman–Crippen MR) is 129 cm³/mol. The monoisotopic (exact) mass is 473 g/mol. The Balaban J connectivity index is 1.44. The molecule has 8 heteroatoms. The van der Waals surface area contributed by atoms with Crippen molar-refractivity contribution in [1.29, 1.82) is 0 Å². The zero-order valence-electron chi connectivity index (χ0n) is 18.8. The average Bonchev–Trinajstić information content (AvgIpc) is 3.70. The van der Waals surface area contributed by atoms with E-state index in [0.717, 1.165) is 24.0 Å². The number of hydroxylamine groups is 1. The second-order valence-electron chi connectivity index (χ2n) is 8.26. The molecule has 0 aromatic heterocycles. The third kappa shape index (κ3) is 6.39. The Morgan fingerprint density at radius 2 is 1.40 bits per heavy atom. The lowest BCUT2D eigenvalue weighted by Gasteiger charge is -2.10. The van der Waals surface area contributed by atoms with Gasteiger partial charge in [-0.1, -0.05) is 36.4 Å². The van der Waals surface area contributed by atoms with E-state index >= 15 is 0 Å². The van der Waals surface area contributed by atoms with E-state index < -0.39 is 5.91 Å². The van der Waals surface area contributed by atoms with Crippen LogP contribution < -0.4 is 16.1 Å². The number of amides is 3. The Morgan fingerprint density at radius 1 is 0.829 bits per heavy atom. The Morgan fingerprint density at radius 3 is 2.00 bits per heavy atom. The molecule has 1 aliphatic rings. The van der Waals surface area contributed by atoms with Crippen molar-refractivity contribution in [2.45, 2.75) is 25.4 Å². The van der Waals surface area contributed by atoms with Crippen LogP contribution in [0.3, 0.4) is 0 Å². The minimum atomic E-state index is -0.609. The van der Waals surface area contributed by atoms with Crippen LogP contribution in [0.2, 0.25) is 0 Å². The van der Waals surface area contributed by atoms with E-state index in [9.17, 15) is 18.8 Å². The summed E-state index contributed by atoms with van der Waals surface area (Å²) in [6.07, 6.45) is 3.62. The maximum absolute atomic E-state index is 13.4. The quantitative estimate of drug-likeness (QED) is 0.173. The van der Waals surface area contributed by atoms with Crippen molar-refractivity contribution in [3.63, 3.8) is 0 Å². The van der Waals surface area contributed by atoms with E-state index in [-0.39, 0.29) is 30.2 Å². The van der Waals surface area contributed by atoms with Gasteiger partial charge in [0.15, 0.2) is 0 Å². The van der Waals surface area contributed by atoms with Crippen molar-refractivity contribution >= 4 is 29.4 Å². The van der Waals surface area contributed by atoms with E-state index in [1.807, 2.05) is 0 Å². The van der Waals surface area contributed by atoms with Gasteiger partial charge in [-0.05, 0) is 72.0 Å². The lowest BCUT2D eigenvalue weighted by Crippen LogP contribution is -2.26. The van der Waals surface area contributed by atoms with Crippen LogP contribution in [-0.4, -0.2) is 29.0 Å². The minimum Gasteiger partial charge on any atom is -0.349 e. The van der Waals surface area contributed by atoms with E-state index in [0.29, 0.717) is 22.3 Å². The molecule has 3 amide bonds. The number of carbonyl (C=O) groups is 3. The lowest BCUT2D eigenvalue weighted by atomic mass is 10.0. The van der Waals surface area contributed by atoms with Crippen molar-refractivity contribution in [2.75, 3.05) is 0 Å². The van der Waals surface area contributed by atoms with Crippen molar-refractivity contribution in [3.8, 4) is 0 Å². The second-order valence-corrected chi connectivity index (χ2v) is 8.26. The van der Waals surface area contributed by atoms with Gasteiger partial charge in [0.2, 0.25) is 0 Å². The Labute approximate surface area is 201 Å². The molecular formula is C27H24FN3O4. The molecule has 1 fully saturated rings. The molecule has 0 bridgehead atoms. The number of rotatable bonds is 8. The summed E-state index contributed by atoms with van der Waals surface area (Å²) in [5.41, 5.74) is 4.86. The summed E-state index contributed by atoms with van der Waals surface area (Å²) >= 11 is 0. The summed E-state index contributed by atoms with van der Waals surface area (Å²) < 4.78 is 13.4. The predicted octanol–water partition coefficient (Wildman–Crippen LogP) is 3.69. The first kappa shape index (κ1) is 23.8. The summed E-state index contributed by atoms with van der Waals surface area (Å²) in [5.74, 6) is -1.48. The van der Waals surface area contributed by atoms with Crippen molar-refractivity contribution in [1.82, 2.24) is 16.1 Å². The molecule has 0 radical (unpaired) electrons. The summed E-state index contributed by atoms with van der Waals surface area (Å²) in [6, 6.07) is 19.2. The molecular weight excluding hydrogens is 449 g/mol. The Kier molecular flexibility index (Phi) is 7.32. The van der Waals surface area contributed by atoms with Gasteiger partial charge in [0.05, 0.1) is 0 Å². The van der Waals surface area contributed by atoms with E-state index in [2.05, 4.69) is 10.6 Å². The highest BCUT2D eigenvalue weighted by Crippen LogP contribution is 2.24.